The summed E-state index contributed by atoms with van der Waals surface area (Å²) < 4.78 is 5.11. The van der Waals surface area contributed by atoms with Gasteiger partial charge in [-0.3, -0.25) is 4.79 Å². The van der Waals surface area contributed by atoms with E-state index >= 15 is 0 Å². The zero-order chi connectivity index (χ0) is 11.8. The Morgan fingerprint density at radius 1 is 1.59 bits per heavy atom. The van der Waals surface area contributed by atoms with Crippen LogP contribution in [0.5, 0.6) is 0 Å². The van der Waals surface area contributed by atoms with Gasteiger partial charge < -0.3 is 15.2 Å². The first-order valence-electron chi connectivity index (χ1n) is 6.12. The fraction of sp³-hybridized carbons (Fsp3) is 0.727. The van der Waals surface area contributed by atoms with Gasteiger partial charge in [0.15, 0.2) is 0 Å². The van der Waals surface area contributed by atoms with E-state index in [9.17, 15) is 4.79 Å². The van der Waals surface area contributed by atoms with Crippen LogP contribution in [0.3, 0.4) is 0 Å². The smallest absolute Gasteiger partial charge is 0.292 e. The molecule has 0 spiro atoms. The largest absolute Gasteiger partial charge is 0.346 e. The molecule has 6 nitrogen and oxygen atoms in total. The molecule has 0 aromatic carbocycles. The lowest BCUT2D eigenvalue weighted by Crippen LogP contribution is -2.27. The molecule has 3 atom stereocenters. The summed E-state index contributed by atoms with van der Waals surface area (Å²) in [7, 11) is 0. The van der Waals surface area contributed by atoms with Crippen molar-refractivity contribution in [3.8, 4) is 0 Å². The molecular weight excluding hydrogens is 220 g/mol. The molecule has 3 unspecified atom stereocenters. The number of rotatable bonds is 3. The highest BCUT2D eigenvalue weighted by atomic mass is 16.5. The van der Waals surface area contributed by atoms with Crippen LogP contribution in [0.15, 0.2) is 4.52 Å². The molecule has 92 valence electrons. The minimum atomic E-state index is -0.229. The summed E-state index contributed by atoms with van der Waals surface area (Å²) >= 11 is 0. The summed E-state index contributed by atoms with van der Waals surface area (Å²) in [5, 5.41) is 9.87. The van der Waals surface area contributed by atoms with Gasteiger partial charge in [-0.1, -0.05) is 12.1 Å². The molecule has 1 aromatic rings. The van der Waals surface area contributed by atoms with Crippen molar-refractivity contribution in [1.29, 1.82) is 0 Å². The Labute approximate surface area is 99.2 Å². The maximum atomic E-state index is 11.8. The minimum absolute atomic E-state index is 0.115. The van der Waals surface area contributed by atoms with Crippen molar-refractivity contribution in [2.24, 2.45) is 5.92 Å². The Morgan fingerprint density at radius 2 is 2.41 bits per heavy atom. The number of nitrogens with zero attached hydrogens (tertiary/aromatic N) is 2. The van der Waals surface area contributed by atoms with Gasteiger partial charge in [-0.15, -0.1) is 0 Å². The van der Waals surface area contributed by atoms with Gasteiger partial charge in [0.1, 0.15) is 0 Å². The lowest BCUT2D eigenvalue weighted by Gasteiger charge is -2.01. The van der Waals surface area contributed by atoms with Gasteiger partial charge in [0, 0.05) is 6.04 Å². The standard InChI is InChI=1S/C11H16N4O2/c1-6-5-8(6)13-10(16)9-14-11(17-15-9)7-3-2-4-12-7/h6-8,12H,2-5H2,1H3,(H,13,16). The Balaban J connectivity index is 1.64. The van der Waals surface area contributed by atoms with E-state index in [4.69, 9.17) is 4.52 Å². The molecule has 17 heavy (non-hydrogen) atoms. The van der Waals surface area contributed by atoms with Crippen LogP contribution < -0.4 is 10.6 Å². The number of nitrogens with one attached hydrogen (secondary N) is 2. The molecule has 3 rings (SSSR count). The second kappa shape index (κ2) is 4.10. The molecule has 2 heterocycles. The Hall–Kier alpha value is -1.43. The number of aromatic nitrogens is 2. The highest BCUT2D eigenvalue weighted by Gasteiger charge is 2.35. The quantitative estimate of drug-likeness (QED) is 0.804. The number of carbonyl (C=O) groups is 1. The number of amides is 1. The number of hydrogen-bond acceptors (Lipinski definition) is 5. The predicted molar refractivity (Wildman–Crippen MR) is 59.3 cm³/mol. The van der Waals surface area contributed by atoms with Gasteiger partial charge in [0.05, 0.1) is 6.04 Å². The molecule has 2 N–H and O–H groups in total. The fourth-order valence-electron chi connectivity index (χ4n) is 2.12. The first-order valence-corrected chi connectivity index (χ1v) is 6.12. The minimum Gasteiger partial charge on any atom is -0.346 e. The van der Waals surface area contributed by atoms with Crippen molar-refractivity contribution in [3.05, 3.63) is 11.7 Å². The zero-order valence-corrected chi connectivity index (χ0v) is 9.77. The van der Waals surface area contributed by atoms with Gasteiger partial charge in [-0.2, -0.15) is 4.98 Å². The third kappa shape index (κ3) is 2.17. The second-order valence-electron chi connectivity index (χ2n) is 4.90. The summed E-state index contributed by atoms with van der Waals surface area (Å²) in [6.45, 7) is 3.07. The second-order valence-corrected chi connectivity index (χ2v) is 4.90. The predicted octanol–water partition coefficient (Wildman–Crippen LogP) is 0.632. The molecule has 1 aliphatic heterocycles. The summed E-state index contributed by atoms with van der Waals surface area (Å²) in [6.07, 6.45) is 3.14. The fourth-order valence-corrected chi connectivity index (χ4v) is 2.12. The highest BCUT2D eigenvalue weighted by molar-refractivity contribution is 5.90. The Kier molecular flexibility index (Phi) is 2.58. The van der Waals surface area contributed by atoms with Crippen LogP contribution in [0.25, 0.3) is 0 Å². The van der Waals surface area contributed by atoms with E-state index in [1.165, 1.54) is 0 Å². The molecule has 1 saturated heterocycles. The molecule has 1 aromatic heterocycles. The van der Waals surface area contributed by atoms with Crippen molar-refractivity contribution in [2.75, 3.05) is 6.54 Å². The first kappa shape index (κ1) is 10.7. The summed E-state index contributed by atoms with van der Waals surface area (Å²) in [4.78, 5) is 15.9. The monoisotopic (exact) mass is 236 g/mol. The molecule has 6 heteroatoms. The number of hydrogen-bond donors (Lipinski definition) is 2. The maximum absolute atomic E-state index is 11.8. The SMILES string of the molecule is CC1CC1NC(=O)c1noc(C2CCCN2)n1. The number of carbonyl (C=O) groups excluding carboxylic acids is 1. The lowest BCUT2D eigenvalue weighted by atomic mass is 10.2. The third-order valence-corrected chi connectivity index (χ3v) is 3.43. The molecule has 0 bridgehead atoms. The summed E-state index contributed by atoms with van der Waals surface area (Å²) in [5.41, 5.74) is 0. The van der Waals surface area contributed by atoms with E-state index < -0.39 is 0 Å². The average molecular weight is 236 g/mol. The van der Waals surface area contributed by atoms with E-state index in [0.717, 1.165) is 25.8 Å². The van der Waals surface area contributed by atoms with E-state index in [-0.39, 0.29) is 23.8 Å². The Bertz CT molecular complexity index is 425. The van der Waals surface area contributed by atoms with Crippen LogP contribution in [0.4, 0.5) is 0 Å². The van der Waals surface area contributed by atoms with Crippen LogP contribution in [-0.4, -0.2) is 28.6 Å². The van der Waals surface area contributed by atoms with Crippen LogP contribution in [-0.2, 0) is 0 Å². The lowest BCUT2D eigenvalue weighted by molar-refractivity contribution is 0.0936. The molecule has 1 aliphatic carbocycles. The highest BCUT2D eigenvalue weighted by Crippen LogP contribution is 2.29. The van der Waals surface area contributed by atoms with Crippen LogP contribution in [0.2, 0.25) is 0 Å². The zero-order valence-electron chi connectivity index (χ0n) is 9.77. The van der Waals surface area contributed by atoms with Crippen molar-refractivity contribution in [1.82, 2.24) is 20.8 Å². The first-order chi connectivity index (χ1) is 8.24. The van der Waals surface area contributed by atoms with Gasteiger partial charge in [0.25, 0.3) is 11.7 Å². The van der Waals surface area contributed by atoms with Gasteiger partial charge in [-0.25, -0.2) is 0 Å². The molecule has 1 saturated carbocycles. The molecule has 0 radical (unpaired) electrons. The van der Waals surface area contributed by atoms with Crippen molar-refractivity contribution in [2.45, 2.75) is 38.3 Å². The molecule has 2 fully saturated rings. The third-order valence-electron chi connectivity index (χ3n) is 3.43. The summed E-state index contributed by atoms with van der Waals surface area (Å²) in [6, 6.07) is 0.401. The van der Waals surface area contributed by atoms with Crippen molar-refractivity contribution < 1.29 is 9.32 Å². The van der Waals surface area contributed by atoms with Gasteiger partial charge >= 0.3 is 0 Å². The van der Waals surface area contributed by atoms with E-state index in [1.54, 1.807) is 0 Å². The van der Waals surface area contributed by atoms with Crippen LogP contribution in [0.1, 0.15) is 48.7 Å². The van der Waals surface area contributed by atoms with E-state index in [1.807, 2.05) is 0 Å². The topological polar surface area (TPSA) is 80.0 Å². The Morgan fingerprint density at radius 3 is 3.06 bits per heavy atom. The van der Waals surface area contributed by atoms with Crippen LogP contribution in [0, 0.1) is 5.92 Å². The molecule has 1 amide bonds. The molecular formula is C11H16N4O2. The van der Waals surface area contributed by atoms with Gasteiger partial charge in [0.2, 0.25) is 5.89 Å². The van der Waals surface area contributed by atoms with Crippen molar-refractivity contribution >= 4 is 5.91 Å². The van der Waals surface area contributed by atoms with E-state index in [0.29, 0.717) is 11.8 Å². The van der Waals surface area contributed by atoms with Crippen molar-refractivity contribution in [3.63, 3.8) is 0 Å². The normalized spacial score (nSPS) is 31.5. The van der Waals surface area contributed by atoms with E-state index in [2.05, 4.69) is 27.7 Å². The average Bonchev–Trinajstić information content (AvgIpc) is 2.86. The van der Waals surface area contributed by atoms with Gasteiger partial charge in [-0.05, 0) is 31.7 Å². The maximum Gasteiger partial charge on any atom is 0.292 e. The molecule has 2 aliphatic rings. The van der Waals surface area contributed by atoms with Crippen LogP contribution >= 0.6 is 0 Å². The summed E-state index contributed by atoms with van der Waals surface area (Å²) in [5.74, 6) is 1.01.